The van der Waals surface area contributed by atoms with E-state index in [1.807, 2.05) is 18.2 Å². The van der Waals surface area contributed by atoms with Crippen LogP contribution in [-0.4, -0.2) is 18.9 Å². The molecule has 0 bridgehead atoms. The number of fused-ring (bicyclic) bond motifs is 1. The van der Waals surface area contributed by atoms with Crippen LogP contribution in [-0.2, 0) is 11.8 Å². The number of hydrogen-bond acceptors (Lipinski definition) is 3. The van der Waals surface area contributed by atoms with Gasteiger partial charge in [-0.3, -0.25) is 0 Å². The van der Waals surface area contributed by atoms with Crippen molar-refractivity contribution in [1.29, 1.82) is 0 Å². The molecule has 1 heterocycles. The van der Waals surface area contributed by atoms with Gasteiger partial charge in [-0.15, -0.1) is 0 Å². The van der Waals surface area contributed by atoms with E-state index in [0.717, 1.165) is 29.0 Å². The van der Waals surface area contributed by atoms with Gasteiger partial charge in [0.1, 0.15) is 0 Å². The van der Waals surface area contributed by atoms with Gasteiger partial charge in [0, 0.05) is 22.5 Å². The van der Waals surface area contributed by atoms with Crippen LogP contribution in [0.2, 0.25) is 5.02 Å². The molecular formula is C22H24ClNO2. The van der Waals surface area contributed by atoms with Crippen LogP contribution in [0, 0.1) is 0 Å². The van der Waals surface area contributed by atoms with E-state index < -0.39 is 0 Å². The highest BCUT2D eigenvalue weighted by Crippen LogP contribution is 2.46. The van der Waals surface area contributed by atoms with Gasteiger partial charge < -0.3 is 14.8 Å². The molecule has 0 aromatic heterocycles. The standard InChI is InChI=1S/C22H24ClNO2/c23-17-4-2-16(3-5-17)22(10-9-19(13-22)24-18-6-7-18)12-15-1-8-20-21(11-15)26-14-25-20/h1-5,8,11,18-19,24H,6-7,9-10,12-14H2. The molecule has 2 atom stereocenters. The summed E-state index contributed by atoms with van der Waals surface area (Å²) in [5, 5.41) is 4.65. The second-order valence-electron chi connectivity index (χ2n) is 8.03. The molecule has 0 amide bonds. The highest BCUT2D eigenvalue weighted by molar-refractivity contribution is 6.30. The molecule has 2 aliphatic carbocycles. The fourth-order valence-corrected chi connectivity index (χ4v) is 4.75. The molecule has 4 heteroatoms. The van der Waals surface area contributed by atoms with Crippen molar-refractivity contribution in [1.82, 2.24) is 5.32 Å². The maximum atomic E-state index is 6.15. The summed E-state index contributed by atoms with van der Waals surface area (Å²) in [6.45, 7) is 0.328. The molecule has 5 rings (SSSR count). The van der Waals surface area contributed by atoms with Crippen LogP contribution in [0.15, 0.2) is 42.5 Å². The molecule has 2 fully saturated rings. The van der Waals surface area contributed by atoms with Gasteiger partial charge in [0.25, 0.3) is 0 Å². The topological polar surface area (TPSA) is 30.5 Å². The van der Waals surface area contributed by atoms with Crippen LogP contribution in [0.1, 0.15) is 43.2 Å². The predicted octanol–water partition coefficient (Wildman–Crippen LogP) is 4.85. The minimum atomic E-state index is 0.158. The molecule has 2 unspecified atom stereocenters. The first-order chi connectivity index (χ1) is 12.7. The van der Waals surface area contributed by atoms with Crippen LogP contribution >= 0.6 is 11.6 Å². The van der Waals surface area contributed by atoms with Crippen molar-refractivity contribution in [2.24, 2.45) is 0 Å². The molecule has 3 aliphatic rings. The number of halogens is 1. The second kappa shape index (κ2) is 6.47. The fraction of sp³-hybridized carbons (Fsp3) is 0.455. The first-order valence-corrected chi connectivity index (χ1v) is 9.99. The predicted molar refractivity (Wildman–Crippen MR) is 103 cm³/mol. The number of benzene rings is 2. The van der Waals surface area contributed by atoms with Gasteiger partial charge in [-0.05, 0) is 73.9 Å². The Hall–Kier alpha value is -1.71. The highest BCUT2D eigenvalue weighted by atomic mass is 35.5. The average molecular weight is 370 g/mol. The summed E-state index contributed by atoms with van der Waals surface area (Å²) in [5.41, 5.74) is 2.88. The summed E-state index contributed by atoms with van der Waals surface area (Å²) >= 11 is 6.15. The molecule has 1 aliphatic heterocycles. The van der Waals surface area contributed by atoms with E-state index in [1.54, 1.807) is 0 Å². The highest BCUT2D eigenvalue weighted by Gasteiger charge is 2.42. The number of hydrogen-bond donors (Lipinski definition) is 1. The van der Waals surface area contributed by atoms with Gasteiger partial charge in [0.15, 0.2) is 11.5 Å². The zero-order chi connectivity index (χ0) is 17.6. The van der Waals surface area contributed by atoms with Crippen molar-refractivity contribution in [2.75, 3.05) is 6.79 Å². The molecule has 3 nitrogen and oxygen atoms in total. The Bertz CT molecular complexity index is 802. The zero-order valence-electron chi connectivity index (χ0n) is 14.8. The summed E-state index contributed by atoms with van der Waals surface area (Å²) in [6, 6.07) is 16.2. The van der Waals surface area contributed by atoms with Crippen molar-refractivity contribution < 1.29 is 9.47 Å². The SMILES string of the molecule is Clc1ccc(C2(Cc3ccc4c(c3)OCO4)CCC(NC3CC3)C2)cc1. The average Bonchev–Trinajstić information content (AvgIpc) is 3.17. The third-order valence-electron chi connectivity index (χ3n) is 6.09. The summed E-state index contributed by atoms with van der Waals surface area (Å²) in [7, 11) is 0. The van der Waals surface area contributed by atoms with Crippen molar-refractivity contribution in [3.8, 4) is 11.5 Å². The minimum absolute atomic E-state index is 0.158. The molecule has 2 aromatic rings. The number of nitrogens with one attached hydrogen (secondary N) is 1. The summed E-state index contributed by atoms with van der Waals surface area (Å²) < 4.78 is 11.1. The van der Waals surface area contributed by atoms with E-state index in [2.05, 4.69) is 29.6 Å². The third kappa shape index (κ3) is 3.19. The quantitative estimate of drug-likeness (QED) is 0.816. The Labute approximate surface area is 159 Å². The van der Waals surface area contributed by atoms with Crippen LogP contribution in [0.25, 0.3) is 0 Å². The molecule has 26 heavy (non-hydrogen) atoms. The minimum Gasteiger partial charge on any atom is -0.454 e. The van der Waals surface area contributed by atoms with Gasteiger partial charge in [-0.1, -0.05) is 29.8 Å². The van der Waals surface area contributed by atoms with Crippen LogP contribution < -0.4 is 14.8 Å². The molecule has 1 N–H and O–H groups in total. The maximum absolute atomic E-state index is 6.15. The Morgan fingerprint density at radius 1 is 0.962 bits per heavy atom. The van der Waals surface area contributed by atoms with Crippen molar-refractivity contribution in [3.63, 3.8) is 0 Å². The Morgan fingerprint density at radius 3 is 2.58 bits per heavy atom. The Morgan fingerprint density at radius 2 is 1.77 bits per heavy atom. The molecular weight excluding hydrogens is 346 g/mol. The second-order valence-corrected chi connectivity index (χ2v) is 8.47. The number of ether oxygens (including phenoxy) is 2. The molecule has 2 saturated carbocycles. The van der Waals surface area contributed by atoms with Gasteiger partial charge in [-0.2, -0.15) is 0 Å². The summed E-state index contributed by atoms with van der Waals surface area (Å²) in [5.74, 6) is 1.73. The van der Waals surface area contributed by atoms with Crippen LogP contribution in [0.4, 0.5) is 0 Å². The first-order valence-electron chi connectivity index (χ1n) is 9.61. The summed E-state index contributed by atoms with van der Waals surface area (Å²) in [6.07, 6.45) is 7.32. The van der Waals surface area contributed by atoms with E-state index in [4.69, 9.17) is 21.1 Å². The lowest BCUT2D eigenvalue weighted by Gasteiger charge is -2.31. The van der Waals surface area contributed by atoms with Crippen molar-refractivity contribution in [3.05, 3.63) is 58.6 Å². The summed E-state index contributed by atoms with van der Waals surface area (Å²) in [4.78, 5) is 0. The number of rotatable bonds is 5. The van der Waals surface area contributed by atoms with Gasteiger partial charge in [0.05, 0.1) is 0 Å². The van der Waals surface area contributed by atoms with Crippen LogP contribution in [0.5, 0.6) is 11.5 Å². The third-order valence-corrected chi connectivity index (χ3v) is 6.35. The van der Waals surface area contributed by atoms with E-state index in [1.165, 1.54) is 43.2 Å². The Balaban J connectivity index is 1.44. The molecule has 2 aromatic carbocycles. The van der Waals surface area contributed by atoms with Gasteiger partial charge in [-0.25, -0.2) is 0 Å². The normalized spacial score (nSPS) is 27.0. The monoisotopic (exact) mass is 369 g/mol. The Kier molecular flexibility index (Phi) is 4.10. The molecule has 0 spiro atoms. The maximum Gasteiger partial charge on any atom is 0.231 e. The van der Waals surface area contributed by atoms with E-state index in [-0.39, 0.29) is 5.41 Å². The van der Waals surface area contributed by atoms with Gasteiger partial charge in [0.2, 0.25) is 6.79 Å². The lowest BCUT2D eigenvalue weighted by Crippen LogP contribution is -2.32. The molecule has 0 radical (unpaired) electrons. The zero-order valence-corrected chi connectivity index (χ0v) is 15.6. The van der Waals surface area contributed by atoms with E-state index >= 15 is 0 Å². The van der Waals surface area contributed by atoms with Crippen molar-refractivity contribution in [2.45, 2.75) is 56.0 Å². The smallest absolute Gasteiger partial charge is 0.231 e. The fourth-order valence-electron chi connectivity index (χ4n) is 4.62. The van der Waals surface area contributed by atoms with E-state index in [9.17, 15) is 0 Å². The molecule has 0 saturated heterocycles. The molecule has 136 valence electrons. The lowest BCUT2D eigenvalue weighted by molar-refractivity contribution is 0.174. The lowest BCUT2D eigenvalue weighted by atomic mass is 9.74. The first kappa shape index (κ1) is 16.5. The van der Waals surface area contributed by atoms with Gasteiger partial charge >= 0.3 is 0 Å². The largest absolute Gasteiger partial charge is 0.454 e. The van der Waals surface area contributed by atoms with E-state index in [0.29, 0.717) is 12.8 Å². The van der Waals surface area contributed by atoms with Crippen LogP contribution in [0.3, 0.4) is 0 Å². The van der Waals surface area contributed by atoms with Crippen molar-refractivity contribution >= 4 is 11.6 Å².